The van der Waals surface area contributed by atoms with Crippen LogP contribution in [0.25, 0.3) is 0 Å². The molecule has 2 aromatic rings. The molecular weight excluding hydrogens is 286 g/mol. The number of nitrogens with one attached hydrogen (secondary N) is 1. The van der Waals surface area contributed by atoms with Crippen LogP contribution < -0.4 is 10.1 Å². The molecule has 0 saturated carbocycles. The Labute approximate surface area is 138 Å². The van der Waals surface area contributed by atoms with Gasteiger partial charge in [-0.25, -0.2) is 0 Å². The number of carbonyl (C=O) groups excluding carboxylic acids is 1. The lowest BCUT2D eigenvalue weighted by Crippen LogP contribution is -2.15. The van der Waals surface area contributed by atoms with Gasteiger partial charge in [-0.3, -0.25) is 4.79 Å². The Morgan fingerprint density at radius 3 is 2.22 bits per heavy atom. The highest BCUT2D eigenvalue weighted by molar-refractivity contribution is 5.92. The van der Waals surface area contributed by atoms with Crippen LogP contribution in [0.1, 0.15) is 37.8 Å². The lowest BCUT2D eigenvalue weighted by atomic mass is 10.0. The maximum absolute atomic E-state index is 12.2. The third-order valence-electron chi connectivity index (χ3n) is 3.82. The molecule has 0 heterocycles. The molecule has 122 valence electrons. The van der Waals surface area contributed by atoms with Crippen LogP contribution in [-0.4, -0.2) is 12.5 Å². The molecule has 0 fully saturated rings. The molecule has 0 radical (unpaired) electrons. The van der Waals surface area contributed by atoms with E-state index in [1.165, 1.54) is 11.1 Å². The van der Waals surface area contributed by atoms with Gasteiger partial charge in [0.2, 0.25) is 5.91 Å². The number of rotatable bonds is 8. The van der Waals surface area contributed by atoms with Crippen LogP contribution in [-0.2, 0) is 17.6 Å². The molecule has 0 aromatic heterocycles. The summed E-state index contributed by atoms with van der Waals surface area (Å²) >= 11 is 0. The molecule has 1 N–H and O–H groups in total. The van der Waals surface area contributed by atoms with E-state index in [0.29, 0.717) is 19.4 Å². The van der Waals surface area contributed by atoms with Gasteiger partial charge in [-0.15, -0.1) is 0 Å². The first-order valence-corrected chi connectivity index (χ1v) is 8.33. The fraction of sp³-hybridized carbons (Fsp3) is 0.350. The molecule has 2 rings (SSSR count). The van der Waals surface area contributed by atoms with Crippen LogP contribution in [0.5, 0.6) is 5.75 Å². The summed E-state index contributed by atoms with van der Waals surface area (Å²) < 4.78 is 5.62. The van der Waals surface area contributed by atoms with E-state index in [-0.39, 0.29) is 5.91 Å². The fourth-order valence-electron chi connectivity index (χ4n) is 2.54. The highest BCUT2D eigenvalue weighted by Crippen LogP contribution is 2.22. The second-order valence-electron chi connectivity index (χ2n) is 5.47. The average molecular weight is 311 g/mol. The summed E-state index contributed by atoms with van der Waals surface area (Å²) in [6.45, 7) is 4.77. The van der Waals surface area contributed by atoms with Crippen molar-refractivity contribution in [3.8, 4) is 5.75 Å². The van der Waals surface area contributed by atoms with Gasteiger partial charge >= 0.3 is 0 Å². The van der Waals surface area contributed by atoms with Crippen LogP contribution in [0.4, 0.5) is 5.69 Å². The van der Waals surface area contributed by atoms with Crippen molar-refractivity contribution in [1.82, 2.24) is 0 Å². The first-order chi connectivity index (χ1) is 11.2. The monoisotopic (exact) mass is 311 g/mol. The normalized spacial score (nSPS) is 10.3. The number of aryl methyl sites for hydroxylation is 2. The Morgan fingerprint density at radius 2 is 1.61 bits per heavy atom. The molecule has 1 amide bonds. The van der Waals surface area contributed by atoms with E-state index < -0.39 is 0 Å². The van der Waals surface area contributed by atoms with Gasteiger partial charge in [-0.2, -0.15) is 0 Å². The maximum Gasteiger partial charge on any atom is 0.224 e. The Bertz CT molecular complexity index is 601. The number of anilines is 1. The van der Waals surface area contributed by atoms with Crippen molar-refractivity contribution < 1.29 is 9.53 Å². The summed E-state index contributed by atoms with van der Waals surface area (Å²) in [7, 11) is 0. The van der Waals surface area contributed by atoms with Crippen molar-refractivity contribution in [2.24, 2.45) is 0 Å². The van der Waals surface area contributed by atoms with Crippen molar-refractivity contribution in [2.45, 2.75) is 39.5 Å². The number of amides is 1. The summed E-state index contributed by atoms with van der Waals surface area (Å²) in [6.07, 6.45) is 3.01. The minimum Gasteiger partial charge on any atom is -0.494 e. The first-order valence-electron chi connectivity index (χ1n) is 8.33. The highest BCUT2D eigenvalue weighted by Gasteiger charge is 2.09. The molecule has 0 saturated heterocycles. The lowest BCUT2D eigenvalue weighted by Gasteiger charge is -2.14. The molecule has 2 aromatic carbocycles. The number of benzene rings is 2. The van der Waals surface area contributed by atoms with Crippen molar-refractivity contribution >= 4 is 11.6 Å². The van der Waals surface area contributed by atoms with Crippen LogP contribution in [0.3, 0.4) is 0 Å². The Balaban J connectivity index is 1.83. The zero-order chi connectivity index (χ0) is 16.5. The van der Waals surface area contributed by atoms with Gasteiger partial charge < -0.3 is 10.1 Å². The molecule has 0 spiro atoms. The third-order valence-corrected chi connectivity index (χ3v) is 3.82. The Kier molecular flexibility index (Phi) is 6.67. The molecule has 0 aliphatic heterocycles. The molecule has 0 unspecified atom stereocenters. The summed E-state index contributed by atoms with van der Waals surface area (Å²) in [5.74, 6) is 0.898. The number of carbonyl (C=O) groups is 1. The predicted octanol–water partition coefficient (Wildman–Crippen LogP) is 4.61. The van der Waals surface area contributed by atoms with Crippen LogP contribution in [0.15, 0.2) is 48.5 Å². The second kappa shape index (κ2) is 8.99. The summed E-state index contributed by atoms with van der Waals surface area (Å²) in [6, 6.07) is 15.9. The van der Waals surface area contributed by atoms with Crippen molar-refractivity contribution in [3.63, 3.8) is 0 Å². The number of ether oxygens (including phenoxy) is 1. The topological polar surface area (TPSA) is 38.3 Å². The van der Waals surface area contributed by atoms with Crippen molar-refractivity contribution in [1.29, 1.82) is 0 Å². The largest absolute Gasteiger partial charge is 0.494 e. The SMILES string of the molecule is CCc1cccc(CC)c1NC(=O)CCCOc1ccccc1. The third kappa shape index (κ3) is 5.13. The second-order valence-corrected chi connectivity index (χ2v) is 5.47. The van der Waals surface area contributed by atoms with E-state index in [0.717, 1.165) is 24.3 Å². The quantitative estimate of drug-likeness (QED) is 0.723. The Morgan fingerprint density at radius 1 is 0.957 bits per heavy atom. The zero-order valence-electron chi connectivity index (χ0n) is 14.0. The van der Waals surface area contributed by atoms with Gasteiger partial charge in [0, 0.05) is 12.1 Å². The molecular formula is C20H25NO2. The van der Waals surface area contributed by atoms with Crippen molar-refractivity contribution in [3.05, 3.63) is 59.7 Å². The predicted molar refractivity (Wildman–Crippen MR) is 95.0 cm³/mol. The lowest BCUT2D eigenvalue weighted by molar-refractivity contribution is -0.116. The van der Waals surface area contributed by atoms with E-state index >= 15 is 0 Å². The zero-order valence-corrected chi connectivity index (χ0v) is 14.0. The van der Waals surface area contributed by atoms with Gasteiger partial charge in [-0.05, 0) is 42.5 Å². The smallest absolute Gasteiger partial charge is 0.224 e. The maximum atomic E-state index is 12.2. The fourth-order valence-corrected chi connectivity index (χ4v) is 2.54. The summed E-state index contributed by atoms with van der Waals surface area (Å²) in [5, 5.41) is 3.09. The van der Waals surface area contributed by atoms with E-state index in [2.05, 4.69) is 37.4 Å². The van der Waals surface area contributed by atoms with Crippen LogP contribution in [0, 0.1) is 0 Å². The minimum atomic E-state index is 0.0530. The minimum absolute atomic E-state index is 0.0530. The molecule has 0 atom stereocenters. The summed E-state index contributed by atoms with van der Waals surface area (Å²) in [4.78, 5) is 12.2. The molecule has 3 heteroatoms. The van der Waals surface area contributed by atoms with Gasteiger partial charge in [0.25, 0.3) is 0 Å². The van der Waals surface area contributed by atoms with Crippen LogP contribution >= 0.6 is 0 Å². The van der Waals surface area contributed by atoms with Gasteiger partial charge in [0.1, 0.15) is 5.75 Å². The molecule has 3 nitrogen and oxygen atoms in total. The number of hydrogen-bond acceptors (Lipinski definition) is 2. The standard InChI is InChI=1S/C20H25NO2/c1-3-16-10-8-11-17(4-2)20(16)21-19(22)14-9-15-23-18-12-6-5-7-13-18/h5-8,10-13H,3-4,9,14-15H2,1-2H3,(H,21,22). The van der Waals surface area contributed by atoms with Gasteiger partial charge in [0.05, 0.1) is 6.61 Å². The van der Waals surface area contributed by atoms with Gasteiger partial charge in [-0.1, -0.05) is 50.2 Å². The van der Waals surface area contributed by atoms with Gasteiger partial charge in [0.15, 0.2) is 0 Å². The van der Waals surface area contributed by atoms with E-state index in [9.17, 15) is 4.79 Å². The Hall–Kier alpha value is -2.29. The molecule has 23 heavy (non-hydrogen) atoms. The van der Waals surface area contributed by atoms with Crippen molar-refractivity contribution in [2.75, 3.05) is 11.9 Å². The van der Waals surface area contributed by atoms with E-state index in [4.69, 9.17) is 4.74 Å². The van der Waals surface area contributed by atoms with Crippen LogP contribution in [0.2, 0.25) is 0 Å². The highest BCUT2D eigenvalue weighted by atomic mass is 16.5. The molecule has 0 aliphatic rings. The molecule has 0 bridgehead atoms. The first kappa shape index (κ1) is 17.1. The van der Waals surface area contributed by atoms with E-state index in [1.807, 2.05) is 30.3 Å². The summed E-state index contributed by atoms with van der Waals surface area (Å²) in [5.41, 5.74) is 3.38. The average Bonchev–Trinajstić information content (AvgIpc) is 2.60. The molecule has 0 aliphatic carbocycles. The number of hydrogen-bond donors (Lipinski definition) is 1. The number of para-hydroxylation sites is 2. The van der Waals surface area contributed by atoms with E-state index in [1.54, 1.807) is 0 Å².